The zero-order valence-corrected chi connectivity index (χ0v) is 10.3. The van der Waals surface area contributed by atoms with Gasteiger partial charge in [-0.25, -0.2) is 0 Å². The summed E-state index contributed by atoms with van der Waals surface area (Å²) in [6, 6.07) is 9.17. The van der Waals surface area contributed by atoms with Gasteiger partial charge >= 0.3 is 0 Å². The van der Waals surface area contributed by atoms with Gasteiger partial charge in [0.2, 0.25) is 0 Å². The lowest BCUT2D eigenvalue weighted by atomic mass is 9.93. The zero-order valence-electron chi connectivity index (χ0n) is 10.3. The minimum Gasteiger partial charge on any atom is -0.393 e. The Morgan fingerprint density at radius 3 is 2.59 bits per heavy atom. The van der Waals surface area contributed by atoms with Crippen LogP contribution in [0.2, 0.25) is 0 Å². The summed E-state index contributed by atoms with van der Waals surface area (Å²) in [5.41, 5.74) is 2.69. The summed E-state index contributed by atoms with van der Waals surface area (Å²) in [5.74, 6) is 0. The van der Waals surface area contributed by atoms with Gasteiger partial charge in [-0.3, -0.25) is 0 Å². The van der Waals surface area contributed by atoms with Gasteiger partial charge in [0.15, 0.2) is 0 Å². The maximum absolute atomic E-state index is 9.58. The molecule has 1 aromatic heterocycles. The highest BCUT2D eigenvalue weighted by molar-refractivity contribution is 5.83. The smallest absolute Gasteiger partial charge is 0.0541 e. The third-order valence-electron chi connectivity index (χ3n) is 4.00. The number of rotatable bonds is 1. The monoisotopic (exact) mass is 229 g/mol. The van der Waals surface area contributed by atoms with Gasteiger partial charge in [0.1, 0.15) is 0 Å². The number of aryl methyl sites for hydroxylation is 1. The molecule has 0 spiro atoms. The van der Waals surface area contributed by atoms with Crippen LogP contribution in [0.4, 0.5) is 0 Å². The summed E-state index contributed by atoms with van der Waals surface area (Å²) >= 11 is 0. The number of aromatic nitrogens is 1. The summed E-state index contributed by atoms with van der Waals surface area (Å²) in [6.45, 7) is 2.18. The SMILES string of the molecule is Cc1cn(C2CCC(O)CC2)c2ccccc12. The van der Waals surface area contributed by atoms with Gasteiger partial charge in [0.25, 0.3) is 0 Å². The molecule has 1 heterocycles. The molecule has 0 amide bonds. The Hall–Kier alpha value is -1.28. The molecule has 0 radical (unpaired) electrons. The van der Waals surface area contributed by atoms with Crippen LogP contribution in [0.5, 0.6) is 0 Å². The van der Waals surface area contributed by atoms with Crippen LogP contribution in [0.15, 0.2) is 30.5 Å². The van der Waals surface area contributed by atoms with Crippen molar-refractivity contribution in [2.75, 3.05) is 0 Å². The fraction of sp³-hybridized carbons (Fsp3) is 0.467. The van der Waals surface area contributed by atoms with Crippen molar-refractivity contribution in [2.45, 2.75) is 44.8 Å². The van der Waals surface area contributed by atoms with Crippen LogP contribution in [0.25, 0.3) is 10.9 Å². The fourth-order valence-corrected chi connectivity index (χ4v) is 3.02. The molecule has 2 nitrogen and oxygen atoms in total. The second kappa shape index (κ2) is 4.19. The predicted octanol–water partition coefficient (Wildman–Crippen LogP) is 3.43. The van der Waals surface area contributed by atoms with E-state index in [1.807, 2.05) is 0 Å². The second-order valence-electron chi connectivity index (χ2n) is 5.20. The summed E-state index contributed by atoms with van der Waals surface area (Å²) in [6.07, 6.45) is 6.27. The van der Waals surface area contributed by atoms with Crippen molar-refractivity contribution in [2.24, 2.45) is 0 Å². The molecule has 0 saturated heterocycles. The average Bonchev–Trinajstić information content (AvgIpc) is 2.69. The third kappa shape index (κ3) is 1.87. The van der Waals surface area contributed by atoms with Crippen LogP contribution in [0, 0.1) is 6.92 Å². The Bertz CT molecular complexity index is 521. The van der Waals surface area contributed by atoms with Gasteiger partial charge in [-0.05, 0) is 44.2 Å². The molecule has 1 aliphatic carbocycles. The number of aliphatic hydroxyl groups is 1. The molecule has 2 aromatic rings. The van der Waals surface area contributed by atoms with E-state index in [0.717, 1.165) is 25.7 Å². The van der Waals surface area contributed by atoms with Crippen LogP contribution < -0.4 is 0 Å². The standard InChI is InChI=1S/C15H19NO/c1-11-10-16(12-6-8-13(17)9-7-12)15-5-3-2-4-14(11)15/h2-5,10,12-13,17H,6-9H2,1H3. The van der Waals surface area contributed by atoms with Crippen LogP contribution in [0.1, 0.15) is 37.3 Å². The number of hydrogen-bond donors (Lipinski definition) is 1. The van der Waals surface area contributed by atoms with Crippen molar-refractivity contribution < 1.29 is 5.11 Å². The average molecular weight is 229 g/mol. The first-order chi connectivity index (χ1) is 8.25. The lowest BCUT2D eigenvalue weighted by Gasteiger charge is -2.27. The van der Waals surface area contributed by atoms with Gasteiger partial charge in [0.05, 0.1) is 6.10 Å². The molecule has 1 N–H and O–H groups in total. The van der Waals surface area contributed by atoms with Crippen LogP contribution in [0.3, 0.4) is 0 Å². The molecule has 0 aliphatic heterocycles. The fourth-order valence-electron chi connectivity index (χ4n) is 3.02. The van der Waals surface area contributed by atoms with E-state index >= 15 is 0 Å². The highest BCUT2D eigenvalue weighted by Crippen LogP contribution is 2.33. The van der Waals surface area contributed by atoms with E-state index in [9.17, 15) is 5.11 Å². The van der Waals surface area contributed by atoms with Crippen molar-refractivity contribution in [3.63, 3.8) is 0 Å². The van der Waals surface area contributed by atoms with Crippen LogP contribution in [-0.2, 0) is 0 Å². The Balaban J connectivity index is 2.00. The molecule has 17 heavy (non-hydrogen) atoms. The Morgan fingerprint density at radius 2 is 1.82 bits per heavy atom. The van der Waals surface area contributed by atoms with E-state index in [0.29, 0.717) is 6.04 Å². The lowest BCUT2D eigenvalue weighted by molar-refractivity contribution is 0.111. The zero-order chi connectivity index (χ0) is 11.8. The topological polar surface area (TPSA) is 25.2 Å². The number of aliphatic hydroxyl groups excluding tert-OH is 1. The minimum absolute atomic E-state index is 0.0748. The Labute approximate surface area is 102 Å². The molecular formula is C15H19NO. The number of benzene rings is 1. The van der Waals surface area contributed by atoms with Crippen molar-refractivity contribution in [3.05, 3.63) is 36.0 Å². The molecule has 2 heteroatoms. The number of hydrogen-bond acceptors (Lipinski definition) is 1. The minimum atomic E-state index is -0.0748. The van der Waals surface area contributed by atoms with E-state index in [1.165, 1.54) is 16.5 Å². The molecule has 0 bridgehead atoms. The summed E-state index contributed by atoms with van der Waals surface area (Å²) in [4.78, 5) is 0. The van der Waals surface area contributed by atoms with Crippen LogP contribution >= 0.6 is 0 Å². The van der Waals surface area contributed by atoms with E-state index in [-0.39, 0.29) is 6.10 Å². The second-order valence-corrected chi connectivity index (χ2v) is 5.20. The summed E-state index contributed by atoms with van der Waals surface area (Å²) in [5, 5.41) is 10.9. The van der Waals surface area contributed by atoms with Crippen molar-refractivity contribution in [3.8, 4) is 0 Å². The van der Waals surface area contributed by atoms with Crippen molar-refractivity contribution >= 4 is 10.9 Å². The molecule has 1 fully saturated rings. The quantitative estimate of drug-likeness (QED) is 0.796. The maximum Gasteiger partial charge on any atom is 0.0541 e. The van der Waals surface area contributed by atoms with Gasteiger partial charge in [-0.1, -0.05) is 18.2 Å². The number of nitrogens with zero attached hydrogens (tertiary/aromatic N) is 1. The molecule has 1 aliphatic rings. The van der Waals surface area contributed by atoms with Crippen molar-refractivity contribution in [1.29, 1.82) is 0 Å². The predicted molar refractivity (Wildman–Crippen MR) is 70.2 cm³/mol. The summed E-state index contributed by atoms with van der Waals surface area (Å²) < 4.78 is 2.41. The molecule has 0 unspecified atom stereocenters. The van der Waals surface area contributed by atoms with E-state index in [2.05, 4.69) is 42.0 Å². The van der Waals surface area contributed by atoms with Gasteiger partial charge in [-0.15, -0.1) is 0 Å². The van der Waals surface area contributed by atoms with Crippen LogP contribution in [-0.4, -0.2) is 15.8 Å². The maximum atomic E-state index is 9.58. The highest BCUT2D eigenvalue weighted by atomic mass is 16.3. The normalized spacial score (nSPS) is 25.3. The first-order valence-corrected chi connectivity index (χ1v) is 6.50. The molecule has 0 atom stereocenters. The van der Waals surface area contributed by atoms with Gasteiger partial charge in [-0.2, -0.15) is 0 Å². The summed E-state index contributed by atoms with van der Waals surface area (Å²) in [7, 11) is 0. The highest BCUT2D eigenvalue weighted by Gasteiger charge is 2.21. The Morgan fingerprint density at radius 1 is 1.12 bits per heavy atom. The van der Waals surface area contributed by atoms with Gasteiger partial charge < -0.3 is 9.67 Å². The first kappa shape index (κ1) is 10.8. The first-order valence-electron chi connectivity index (χ1n) is 6.50. The number of fused-ring (bicyclic) bond motifs is 1. The Kier molecular flexibility index (Phi) is 2.67. The van der Waals surface area contributed by atoms with Gasteiger partial charge in [0, 0.05) is 23.1 Å². The lowest BCUT2D eigenvalue weighted by Crippen LogP contribution is -2.20. The van der Waals surface area contributed by atoms with E-state index in [4.69, 9.17) is 0 Å². The molecule has 1 saturated carbocycles. The molecular weight excluding hydrogens is 210 g/mol. The molecule has 1 aromatic carbocycles. The van der Waals surface area contributed by atoms with E-state index in [1.54, 1.807) is 0 Å². The largest absolute Gasteiger partial charge is 0.393 e. The molecule has 3 rings (SSSR count). The third-order valence-corrected chi connectivity index (χ3v) is 4.00. The molecule has 90 valence electrons. The van der Waals surface area contributed by atoms with E-state index < -0.39 is 0 Å². The van der Waals surface area contributed by atoms with Crippen molar-refractivity contribution in [1.82, 2.24) is 4.57 Å². The number of para-hydroxylation sites is 1.